The fourth-order valence-electron chi connectivity index (χ4n) is 1.73. The van der Waals surface area contributed by atoms with Crippen molar-refractivity contribution < 1.29 is 0 Å². The van der Waals surface area contributed by atoms with Gasteiger partial charge in [0.2, 0.25) is 0 Å². The van der Waals surface area contributed by atoms with Crippen LogP contribution >= 0.6 is 35.1 Å². The molecule has 1 N–H and O–H groups in total. The molecule has 100 valence electrons. The molecule has 2 rings (SSSR count). The molecule has 2 aromatic carbocycles. The topological polar surface area (TPSA) is 12.0 Å². The second-order valence-corrected chi connectivity index (χ2v) is 5.97. The molecule has 0 fully saturated rings. The van der Waals surface area contributed by atoms with Gasteiger partial charge in [-0.05, 0) is 60.7 Å². The van der Waals surface area contributed by atoms with Gasteiger partial charge in [-0.1, -0.05) is 42.3 Å². The molecule has 0 saturated carbocycles. The molecular formula is C15H15Cl2NS. The Balaban J connectivity index is 2.10. The van der Waals surface area contributed by atoms with Gasteiger partial charge >= 0.3 is 0 Å². The van der Waals surface area contributed by atoms with Gasteiger partial charge in [-0.15, -0.1) is 0 Å². The van der Waals surface area contributed by atoms with E-state index in [2.05, 4.69) is 36.8 Å². The zero-order valence-corrected chi connectivity index (χ0v) is 13.2. The summed E-state index contributed by atoms with van der Waals surface area (Å²) in [6, 6.07) is 11.9. The Bertz CT molecular complexity index is 584. The highest BCUT2D eigenvalue weighted by Crippen LogP contribution is 2.31. The lowest BCUT2D eigenvalue weighted by Gasteiger charge is -2.11. The number of benzene rings is 2. The Kier molecular flexibility index (Phi) is 5.03. The van der Waals surface area contributed by atoms with Crippen molar-refractivity contribution in [2.75, 3.05) is 4.72 Å². The van der Waals surface area contributed by atoms with E-state index in [1.54, 1.807) is 6.07 Å². The highest BCUT2D eigenvalue weighted by Gasteiger charge is 2.04. The van der Waals surface area contributed by atoms with Gasteiger partial charge in [-0.25, -0.2) is 0 Å². The van der Waals surface area contributed by atoms with Gasteiger partial charge in [0, 0.05) is 15.6 Å². The smallest absolute Gasteiger partial charge is 0.0574 e. The first-order valence-corrected chi connectivity index (χ1v) is 7.65. The van der Waals surface area contributed by atoms with Gasteiger partial charge in [0.25, 0.3) is 0 Å². The predicted molar refractivity (Wildman–Crippen MR) is 86.5 cm³/mol. The highest BCUT2D eigenvalue weighted by atomic mass is 35.5. The van der Waals surface area contributed by atoms with Crippen LogP contribution < -0.4 is 4.72 Å². The Hall–Kier alpha value is -0.830. The third-order valence-electron chi connectivity index (χ3n) is 2.86. The minimum absolute atomic E-state index is 0.651. The third-order valence-corrected chi connectivity index (χ3v) is 4.42. The molecule has 0 aromatic heterocycles. The number of hydrogen-bond acceptors (Lipinski definition) is 2. The maximum atomic E-state index is 6.14. The molecule has 19 heavy (non-hydrogen) atoms. The lowest BCUT2D eigenvalue weighted by molar-refractivity contribution is 1.13. The summed E-state index contributed by atoms with van der Waals surface area (Å²) in [4.78, 5) is 0.963. The van der Waals surface area contributed by atoms with Crippen LogP contribution in [-0.4, -0.2) is 0 Å². The van der Waals surface area contributed by atoms with E-state index < -0.39 is 0 Å². The average Bonchev–Trinajstić information content (AvgIpc) is 2.39. The first-order chi connectivity index (χ1) is 9.10. The van der Waals surface area contributed by atoms with E-state index in [0.717, 1.165) is 17.0 Å². The van der Waals surface area contributed by atoms with Crippen LogP contribution in [0.25, 0.3) is 0 Å². The molecule has 0 atom stereocenters. The van der Waals surface area contributed by atoms with Gasteiger partial charge in [0.05, 0.1) is 5.02 Å². The van der Waals surface area contributed by atoms with Crippen LogP contribution in [0.15, 0.2) is 41.3 Å². The number of aryl methyl sites for hydroxylation is 2. The van der Waals surface area contributed by atoms with E-state index in [9.17, 15) is 0 Å². The summed E-state index contributed by atoms with van der Waals surface area (Å²) in [5.41, 5.74) is 3.68. The van der Waals surface area contributed by atoms with Crippen molar-refractivity contribution in [2.24, 2.45) is 0 Å². The number of halogens is 2. The van der Waals surface area contributed by atoms with Crippen molar-refractivity contribution in [2.45, 2.75) is 25.2 Å². The number of rotatable bonds is 4. The molecule has 0 saturated heterocycles. The SMILES string of the molecule is CCc1ccc(NSc2ccc(Cl)cc2Cl)c(C)c1. The quantitative estimate of drug-likeness (QED) is 0.697. The minimum atomic E-state index is 0.651. The first-order valence-electron chi connectivity index (χ1n) is 6.07. The van der Waals surface area contributed by atoms with E-state index >= 15 is 0 Å². The number of nitrogens with one attached hydrogen (secondary N) is 1. The predicted octanol–water partition coefficient (Wildman–Crippen LogP) is 5.98. The van der Waals surface area contributed by atoms with E-state index in [1.165, 1.54) is 23.1 Å². The average molecular weight is 312 g/mol. The number of anilines is 1. The third kappa shape index (κ3) is 3.82. The van der Waals surface area contributed by atoms with Gasteiger partial charge in [0.1, 0.15) is 0 Å². The largest absolute Gasteiger partial charge is 0.325 e. The summed E-state index contributed by atoms with van der Waals surface area (Å²) >= 11 is 13.5. The molecule has 4 heteroatoms. The lowest BCUT2D eigenvalue weighted by atomic mass is 10.1. The second kappa shape index (κ2) is 6.56. The van der Waals surface area contributed by atoms with Gasteiger partial charge in [0.15, 0.2) is 0 Å². The molecular weight excluding hydrogens is 297 g/mol. The van der Waals surface area contributed by atoms with E-state index in [-0.39, 0.29) is 0 Å². The van der Waals surface area contributed by atoms with Crippen LogP contribution in [0.5, 0.6) is 0 Å². The van der Waals surface area contributed by atoms with Crippen LogP contribution in [0.4, 0.5) is 5.69 Å². The van der Waals surface area contributed by atoms with Crippen LogP contribution in [0.1, 0.15) is 18.1 Å². The summed E-state index contributed by atoms with van der Waals surface area (Å²) in [6.45, 7) is 4.26. The van der Waals surface area contributed by atoms with Gasteiger partial charge in [-0.3, -0.25) is 0 Å². The van der Waals surface area contributed by atoms with Crippen LogP contribution in [0, 0.1) is 6.92 Å². The minimum Gasteiger partial charge on any atom is -0.325 e. The second-order valence-electron chi connectivity index (χ2n) is 4.28. The van der Waals surface area contributed by atoms with Crippen molar-refractivity contribution >= 4 is 40.8 Å². The number of hydrogen-bond donors (Lipinski definition) is 1. The Morgan fingerprint density at radius 1 is 1.11 bits per heavy atom. The lowest BCUT2D eigenvalue weighted by Crippen LogP contribution is -1.92. The maximum absolute atomic E-state index is 6.14. The monoisotopic (exact) mass is 311 g/mol. The fraction of sp³-hybridized carbons (Fsp3) is 0.200. The van der Waals surface area contributed by atoms with Crippen molar-refractivity contribution in [1.29, 1.82) is 0 Å². The van der Waals surface area contributed by atoms with E-state index in [4.69, 9.17) is 23.2 Å². The summed E-state index contributed by atoms with van der Waals surface area (Å²) < 4.78 is 3.33. The van der Waals surface area contributed by atoms with Crippen LogP contribution in [-0.2, 0) is 6.42 Å². The maximum Gasteiger partial charge on any atom is 0.0574 e. The molecule has 1 nitrogen and oxygen atoms in total. The summed E-state index contributed by atoms with van der Waals surface area (Å²) in [5, 5.41) is 1.31. The Labute approximate surface area is 128 Å². The van der Waals surface area contributed by atoms with Crippen molar-refractivity contribution in [3.63, 3.8) is 0 Å². The van der Waals surface area contributed by atoms with Gasteiger partial charge < -0.3 is 4.72 Å². The molecule has 0 bridgehead atoms. The molecule has 0 aliphatic carbocycles. The summed E-state index contributed by atoms with van der Waals surface area (Å²) in [6.07, 6.45) is 1.05. The zero-order chi connectivity index (χ0) is 13.8. The molecule has 0 aliphatic rings. The molecule has 0 radical (unpaired) electrons. The molecule has 0 spiro atoms. The molecule has 0 heterocycles. The normalized spacial score (nSPS) is 10.5. The molecule has 0 amide bonds. The molecule has 0 aliphatic heterocycles. The molecule has 2 aromatic rings. The Morgan fingerprint density at radius 3 is 2.53 bits per heavy atom. The summed E-state index contributed by atoms with van der Waals surface area (Å²) in [5.74, 6) is 0. The van der Waals surface area contributed by atoms with E-state index in [1.807, 2.05) is 12.1 Å². The summed E-state index contributed by atoms with van der Waals surface area (Å²) in [7, 11) is 0. The first kappa shape index (κ1) is 14.6. The van der Waals surface area contributed by atoms with E-state index in [0.29, 0.717) is 10.0 Å². The zero-order valence-electron chi connectivity index (χ0n) is 10.8. The van der Waals surface area contributed by atoms with Crippen LogP contribution in [0.3, 0.4) is 0 Å². The van der Waals surface area contributed by atoms with Crippen LogP contribution in [0.2, 0.25) is 10.0 Å². The standard InChI is InChI=1S/C15H15Cl2NS/c1-3-11-4-6-14(10(2)8-11)18-19-15-7-5-12(16)9-13(15)17/h4-9,18H,3H2,1-2H3. The van der Waals surface area contributed by atoms with Crippen molar-refractivity contribution in [1.82, 2.24) is 0 Å². The highest BCUT2D eigenvalue weighted by molar-refractivity contribution is 8.00. The van der Waals surface area contributed by atoms with Gasteiger partial charge in [-0.2, -0.15) is 0 Å². The van der Waals surface area contributed by atoms with Crippen molar-refractivity contribution in [3.05, 3.63) is 57.6 Å². The fourth-order valence-corrected chi connectivity index (χ4v) is 2.99. The molecule has 0 unspecified atom stereocenters. The Morgan fingerprint density at radius 2 is 1.89 bits per heavy atom. The van der Waals surface area contributed by atoms with Crippen molar-refractivity contribution in [3.8, 4) is 0 Å².